The first-order valence-corrected chi connectivity index (χ1v) is 6.98. The fourth-order valence-corrected chi connectivity index (χ4v) is 1.82. The van der Waals surface area contributed by atoms with Crippen molar-refractivity contribution in [2.75, 3.05) is 12.8 Å². The quantitative estimate of drug-likeness (QED) is 0.707. The Hall–Kier alpha value is -1.14. The van der Waals surface area contributed by atoms with E-state index in [2.05, 4.69) is 10.3 Å². The molecule has 0 aromatic carbocycles. The highest BCUT2D eigenvalue weighted by molar-refractivity contribution is 7.84. The average molecular weight is 258 g/mol. The van der Waals surface area contributed by atoms with Crippen molar-refractivity contribution in [2.24, 2.45) is 0 Å². The molecule has 3 N–H and O–H groups in total. The van der Waals surface area contributed by atoms with Gasteiger partial charge >= 0.3 is 5.97 Å². The third-order valence-corrected chi connectivity index (χ3v) is 3.91. The molecule has 0 fully saturated rings. The topological polar surface area (TPSA) is 82.2 Å². The summed E-state index contributed by atoms with van der Waals surface area (Å²) >= 11 is 0. The Bertz CT molecular complexity index is 428. The van der Waals surface area contributed by atoms with Gasteiger partial charge in [-0.1, -0.05) is 0 Å². The highest BCUT2D eigenvalue weighted by Gasteiger charge is 2.11. The second kappa shape index (κ2) is 5.97. The van der Waals surface area contributed by atoms with E-state index >= 15 is 0 Å². The van der Waals surface area contributed by atoms with E-state index in [-0.39, 0.29) is 5.25 Å². The van der Waals surface area contributed by atoms with Gasteiger partial charge in [-0.05, 0) is 19.9 Å². The summed E-state index contributed by atoms with van der Waals surface area (Å²) in [5.41, 5.74) is 1.78. The van der Waals surface area contributed by atoms with Gasteiger partial charge in [0, 0.05) is 46.8 Å². The number of H-pyrrole nitrogens is 1. The third kappa shape index (κ3) is 3.98. The normalized spacial score (nSPS) is 14.5. The van der Waals surface area contributed by atoms with Crippen LogP contribution in [0.5, 0.6) is 0 Å². The highest BCUT2D eigenvalue weighted by atomic mass is 32.2. The molecule has 0 bridgehead atoms. The molecule has 1 aromatic heterocycles. The zero-order valence-corrected chi connectivity index (χ0v) is 11.1. The van der Waals surface area contributed by atoms with Crippen molar-refractivity contribution in [1.82, 2.24) is 10.3 Å². The van der Waals surface area contributed by atoms with Crippen molar-refractivity contribution in [3.8, 4) is 0 Å². The van der Waals surface area contributed by atoms with Crippen LogP contribution >= 0.6 is 0 Å². The summed E-state index contributed by atoms with van der Waals surface area (Å²) in [5, 5.41) is 12.1. The molecule has 0 aliphatic heterocycles. The maximum atomic E-state index is 11.1. The molecule has 0 amide bonds. The van der Waals surface area contributed by atoms with Crippen LogP contribution in [0.25, 0.3) is 0 Å². The van der Waals surface area contributed by atoms with Crippen LogP contribution in [0.1, 0.15) is 28.7 Å². The average Bonchev–Trinajstić information content (AvgIpc) is 2.59. The molecule has 2 unspecified atom stereocenters. The molecule has 0 saturated heterocycles. The Kier molecular flexibility index (Phi) is 4.89. The van der Waals surface area contributed by atoms with Crippen molar-refractivity contribution >= 4 is 16.8 Å². The van der Waals surface area contributed by atoms with E-state index in [4.69, 9.17) is 5.11 Å². The van der Waals surface area contributed by atoms with E-state index in [1.165, 1.54) is 0 Å². The Morgan fingerprint density at radius 1 is 1.65 bits per heavy atom. The predicted octanol–water partition coefficient (Wildman–Crippen LogP) is 0.878. The summed E-state index contributed by atoms with van der Waals surface area (Å²) in [6.45, 7) is 4.83. The molecule has 2 atom stereocenters. The fourth-order valence-electron chi connectivity index (χ4n) is 1.47. The zero-order chi connectivity index (χ0) is 13.0. The lowest BCUT2D eigenvalue weighted by Gasteiger charge is -2.08. The molecule has 0 radical (unpaired) electrons. The van der Waals surface area contributed by atoms with Crippen LogP contribution in [-0.4, -0.2) is 38.3 Å². The van der Waals surface area contributed by atoms with Gasteiger partial charge in [-0.15, -0.1) is 0 Å². The van der Waals surface area contributed by atoms with E-state index in [1.54, 1.807) is 19.2 Å². The number of aryl methyl sites for hydroxylation is 1. The molecular formula is C11H18N2O3S. The van der Waals surface area contributed by atoms with E-state index in [0.717, 1.165) is 5.69 Å². The molecule has 1 aromatic rings. The van der Waals surface area contributed by atoms with Crippen LogP contribution in [0.15, 0.2) is 6.07 Å². The number of aromatic nitrogens is 1. The lowest BCUT2D eigenvalue weighted by Crippen LogP contribution is -2.27. The first-order chi connectivity index (χ1) is 7.91. The Labute approximate surface area is 103 Å². The second-order valence-corrected chi connectivity index (χ2v) is 5.88. The lowest BCUT2D eigenvalue weighted by atomic mass is 10.2. The molecular weight excluding hydrogens is 240 g/mol. The SMILES string of the molecule is Cc1[nH]c(CNCC(C)S(C)=O)cc1C(=O)O. The van der Waals surface area contributed by atoms with Crippen LogP contribution < -0.4 is 5.32 Å². The van der Waals surface area contributed by atoms with Crippen LogP contribution in [0.4, 0.5) is 0 Å². The molecule has 6 heteroatoms. The van der Waals surface area contributed by atoms with E-state index < -0.39 is 16.8 Å². The van der Waals surface area contributed by atoms with Gasteiger partial charge in [0.1, 0.15) is 0 Å². The van der Waals surface area contributed by atoms with Crippen molar-refractivity contribution in [3.05, 3.63) is 23.0 Å². The molecule has 0 spiro atoms. The van der Waals surface area contributed by atoms with Crippen molar-refractivity contribution < 1.29 is 14.1 Å². The predicted molar refractivity (Wildman–Crippen MR) is 67.7 cm³/mol. The minimum absolute atomic E-state index is 0.0880. The summed E-state index contributed by atoms with van der Waals surface area (Å²) in [5.74, 6) is -0.923. The van der Waals surface area contributed by atoms with Gasteiger partial charge < -0.3 is 15.4 Å². The maximum Gasteiger partial charge on any atom is 0.337 e. The molecule has 0 saturated carbocycles. The van der Waals surface area contributed by atoms with Gasteiger partial charge in [0.2, 0.25) is 0 Å². The third-order valence-electron chi connectivity index (χ3n) is 2.61. The molecule has 96 valence electrons. The Morgan fingerprint density at radius 2 is 2.29 bits per heavy atom. The van der Waals surface area contributed by atoms with Gasteiger partial charge in [0.15, 0.2) is 0 Å². The first-order valence-electron chi connectivity index (χ1n) is 5.36. The molecule has 17 heavy (non-hydrogen) atoms. The van der Waals surface area contributed by atoms with Gasteiger partial charge in [0.05, 0.1) is 5.56 Å². The largest absolute Gasteiger partial charge is 0.478 e. The summed E-state index contributed by atoms with van der Waals surface area (Å²) in [6.07, 6.45) is 1.67. The van der Waals surface area contributed by atoms with Crippen LogP contribution in [0, 0.1) is 6.92 Å². The number of hydrogen-bond donors (Lipinski definition) is 3. The van der Waals surface area contributed by atoms with Crippen molar-refractivity contribution in [3.63, 3.8) is 0 Å². The molecule has 1 heterocycles. The number of hydrogen-bond acceptors (Lipinski definition) is 3. The minimum Gasteiger partial charge on any atom is -0.478 e. The molecule has 1 rings (SSSR count). The monoisotopic (exact) mass is 258 g/mol. The van der Waals surface area contributed by atoms with Gasteiger partial charge in [-0.3, -0.25) is 4.21 Å². The number of aromatic amines is 1. The highest BCUT2D eigenvalue weighted by Crippen LogP contribution is 2.09. The minimum atomic E-state index is -0.923. The maximum absolute atomic E-state index is 11.1. The number of carboxylic acids is 1. The number of carbonyl (C=O) groups is 1. The van der Waals surface area contributed by atoms with Crippen LogP contribution in [-0.2, 0) is 17.3 Å². The van der Waals surface area contributed by atoms with Gasteiger partial charge in [0.25, 0.3) is 0 Å². The van der Waals surface area contributed by atoms with E-state index in [0.29, 0.717) is 24.3 Å². The summed E-state index contributed by atoms with van der Waals surface area (Å²) < 4.78 is 11.1. The molecule has 0 aliphatic rings. The van der Waals surface area contributed by atoms with Crippen LogP contribution in [0.2, 0.25) is 0 Å². The standard InChI is InChI=1S/C11H18N2O3S/c1-7(17(3)16)5-12-6-9-4-10(11(14)15)8(2)13-9/h4,7,12-13H,5-6H2,1-3H3,(H,14,15). The van der Waals surface area contributed by atoms with Crippen LogP contribution in [0.3, 0.4) is 0 Å². The fraction of sp³-hybridized carbons (Fsp3) is 0.545. The van der Waals surface area contributed by atoms with Gasteiger partial charge in [-0.2, -0.15) is 0 Å². The van der Waals surface area contributed by atoms with E-state index in [9.17, 15) is 9.00 Å². The number of carboxylic acid groups (broad SMARTS) is 1. The van der Waals surface area contributed by atoms with E-state index in [1.807, 2.05) is 6.92 Å². The summed E-state index contributed by atoms with van der Waals surface area (Å²) in [6, 6.07) is 1.62. The van der Waals surface area contributed by atoms with Gasteiger partial charge in [-0.25, -0.2) is 4.79 Å². The second-order valence-electron chi connectivity index (χ2n) is 4.08. The van der Waals surface area contributed by atoms with Crippen molar-refractivity contribution in [1.29, 1.82) is 0 Å². The lowest BCUT2D eigenvalue weighted by molar-refractivity contribution is 0.0696. The smallest absolute Gasteiger partial charge is 0.337 e. The molecule has 0 aliphatic carbocycles. The number of nitrogens with one attached hydrogen (secondary N) is 2. The Morgan fingerprint density at radius 3 is 2.76 bits per heavy atom. The summed E-state index contributed by atoms with van der Waals surface area (Å²) in [7, 11) is -0.842. The Balaban J connectivity index is 2.50. The molecule has 5 nitrogen and oxygen atoms in total. The number of aromatic carboxylic acids is 1. The summed E-state index contributed by atoms with van der Waals surface area (Å²) in [4.78, 5) is 13.8. The zero-order valence-electron chi connectivity index (χ0n) is 10.2. The first kappa shape index (κ1) is 13.9. The number of rotatable bonds is 6. The van der Waals surface area contributed by atoms with Crippen molar-refractivity contribution in [2.45, 2.75) is 25.6 Å².